The lowest BCUT2D eigenvalue weighted by atomic mass is 10.1. The molecule has 20 heavy (non-hydrogen) atoms. The van der Waals surface area contributed by atoms with Crippen LogP contribution in [-0.4, -0.2) is 17.2 Å². The van der Waals surface area contributed by atoms with Crippen molar-refractivity contribution in [2.45, 2.75) is 64.6 Å². The largest absolute Gasteiger partial charge is 0.481 e. The number of carboxylic acid groups (broad SMARTS) is 1. The molecule has 1 N–H and O–H groups in total. The Morgan fingerprint density at radius 3 is 2.50 bits per heavy atom. The average molecular weight is 278 g/mol. The highest BCUT2D eigenvalue weighted by molar-refractivity contribution is 5.67. The number of aliphatic carboxylic acids is 1. The molecule has 1 rings (SSSR count). The molecule has 0 radical (unpaired) electrons. The number of carboxylic acids is 1. The van der Waals surface area contributed by atoms with Crippen LogP contribution in [0.2, 0.25) is 0 Å². The van der Waals surface area contributed by atoms with Gasteiger partial charge >= 0.3 is 5.97 Å². The molecule has 0 aliphatic rings. The third kappa shape index (κ3) is 7.95. The van der Waals surface area contributed by atoms with Gasteiger partial charge in [0.2, 0.25) is 0 Å². The van der Waals surface area contributed by atoms with E-state index in [9.17, 15) is 4.79 Å². The molecule has 0 aliphatic heterocycles. The first-order valence-electron chi connectivity index (χ1n) is 7.59. The zero-order chi connectivity index (χ0) is 14.6. The molecule has 0 aliphatic carbocycles. The van der Waals surface area contributed by atoms with E-state index in [2.05, 4.69) is 6.92 Å². The van der Waals surface area contributed by atoms with Crippen LogP contribution in [-0.2, 0) is 16.1 Å². The summed E-state index contributed by atoms with van der Waals surface area (Å²) in [6.07, 6.45) is 6.69. The van der Waals surface area contributed by atoms with Gasteiger partial charge in [-0.2, -0.15) is 0 Å². The van der Waals surface area contributed by atoms with Crippen molar-refractivity contribution in [3.63, 3.8) is 0 Å². The van der Waals surface area contributed by atoms with Crippen LogP contribution in [0, 0.1) is 0 Å². The van der Waals surface area contributed by atoms with Gasteiger partial charge in [-0.3, -0.25) is 4.79 Å². The monoisotopic (exact) mass is 278 g/mol. The second-order valence-corrected chi connectivity index (χ2v) is 5.22. The lowest BCUT2D eigenvalue weighted by Crippen LogP contribution is -2.17. The number of ether oxygens (including phenoxy) is 1. The van der Waals surface area contributed by atoms with Gasteiger partial charge < -0.3 is 9.84 Å². The van der Waals surface area contributed by atoms with Crippen LogP contribution >= 0.6 is 0 Å². The highest BCUT2D eigenvalue weighted by Crippen LogP contribution is 2.14. The van der Waals surface area contributed by atoms with E-state index in [-0.39, 0.29) is 12.5 Å². The van der Waals surface area contributed by atoms with Crippen molar-refractivity contribution in [3.8, 4) is 0 Å². The van der Waals surface area contributed by atoms with Gasteiger partial charge in [0.15, 0.2) is 0 Å². The van der Waals surface area contributed by atoms with E-state index in [1.807, 2.05) is 30.3 Å². The Balaban J connectivity index is 2.30. The summed E-state index contributed by atoms with van der Waals surface area (Å²) in [6.45, 7) is 2.68. The third-order valence-electron chi connectivity index (χ3n) is 3.36. The van der Waals surface area contributed by atoms with Crippen LogP contribution < -0.4 is 0 Å². The number of hydrogen-bond acceptors (Lipinski definition) is 2. The molecule has 0 aromatic heterocycles. The van der Waals surface area contributed by atoms with Crippen LogP contribution in [0.5, 0.6) is 0 Å². The zero-order valence-corrected chi connectivity index (χ0v) is 12.4. The van der Waals surface area contributed by atoms with E-state index in [1.165, 1.54) is 25.7 Å². The molecule has 1 atom stereocenters. The number of carbonyl (C=O) groups is 1. The van der Waals surface area contributed by atoms with Crippen LogP contribution in [0.25, 0.3) is 0 Å². The van der Waals surface area contributed by atoms with Crippen molar-refractivity contribution < 1.29 is 14.6 Å². The van der Waals surface area contributed by atoms with Gasteiger partial charge in [-0.1, -0.05) is 69.4 Å². The molecule has 0 unspecified atom stereocenters. The summed E-state index contributed by atoms with van der Waals surface area (Å²) >= 11 is 0. The first-order valence-corrected chi connectivity index (χ1v) is 7.59. The lowest BCUT2D eigenvalue weighted by molar-refractivity contribution is -0.140. The molecule has 0 spiro atoms. The quantitative estimate of drug-likeness (QED) is 0.610. The maximum atomic E-state index is 10.9. The second-order valence-electron chi connectivity index (χ2n) is 5.22. The van der Waals surface area contributed by atoms with Crippen LogP contribution in [0.15, 0.2) is 30.3 Å². The van der Waals surface area contributed by atoms with Gasteiger partial charge in [-0.05, 0) is 12.0 Å². The Bertz CT molecular complexity index is 362. The standard InChI is InChI=1S/C17H26O3/c1-2-3-4-5-9-12-16(13-17(18)19)20-14-15-10-7-6-8-11-15/h6-8,10-11,16H,2-5,9,12-14H2,1H3,(H,18,19)/t16-/m1/s1. The minimum atomic E-state index is -0.781. The van der Waals surface area contributed by atoms with Crippen LogP contribution in [0.3, 0.4) is 0 Å². The molecular formula is C17H26O3. The van der Waals surface area contributed by atoms with Crippen molar-refractivity contribution in [1.82, 2.24) is 0 Å². The second kappa shape index (κ2) is 10.4. The van der Waals surface area contributed by atoms with Gasteiger partial charge in [-0.25, -0.2) is 0 Å². The Morgan fingerprint density at radius 2 is 1.85 bits per heavy atom. The Hall–Kier alpha value is -1.35. The SMILES string of the molecule is CCCCCCC[C@H](CC(=O)O)OCc1ccccc1. The predicted octanol–water partition coefficient (Wildman–Crippen LogP) is 4.41. The summed E-state index contributed by atoms with van der Waals surface area (Å²) in [6, 6.07) is 9.90. The first-order chi connectivity index (χ1) is 9.72. The van der Waals surface area contributed by atoms with E-state index in [1.54, 1.807) is 0 Å². The van der Waals surface area contributed by atoms with E-state index < -0.39 is 5.97 Å². The molecule has 3 heteroatoms. The molecule has 1 aromatic carbocycles. The Kier molecular flexibility index (Phi) is 8.72. The highest BCUT2D eigenvalue weighted by Gasteiger charge is 2.13. The maximum Gasteiger partial charge on any atom is 0.305 e. The van der Waals surface area contributed by atoms with Gasteiger partial charge in [-0.15, -0.1) is 0 Å². The summed E-state index contributed by atoms with van der Waals surface area (Å²) in [5.41, 5.74) is 1.09. The van der Waals surface area contributed by atoms with E-state index in [0.717, 1.165) is 18.4 Å². The average Bonchev–Trinajstić information content (AvgIpc) is 2.45. The van der Waals surface area contributed by atoms with Crippen molar-refractivity contribution in [2.24, 2.45) is 0 Å². The summed E-state index contributed by atoms with van der Waals surface area (Å²) in [5, 5.41) is 8.94. The van der Waals surface area contributed by atoms with Gasteiger partial charge in [0.25, 0.3) is 0 Å². The number of hydrogen-bond donors (Lipinski definition) is 1. The molecule has 112 valence electrons. The fourth-order valence-electron chi connectivity index (χ4n) is 2.20. The summed E-state index contributed by atoms with van der Waals surface area (Å²) in [4.78, 5) is 10.9. The summed E-state index contributed by atoms with van der Waals surface area (Å²) < 4.78 is 5.76. The summed E-state index contributed by atoms with van der Waals surface area (Å²) in [7, 11) is 0. The van der Waals surface area contributed by atoms with E-state index in [0.29, 0.717) is 6.61 Å². The minimum absolute atomic E-state index is 0.0978. The molecule has 0 heterocycles. The van der Waals surface area contributed by atoms with Gasteiger partial charge in [0, 0.05) is 0 Å². The smallest absolute Gasteiger partial charge is 0.305 e. The van der Waals surface area contributed by atoms with Crippen molar-refractivity contribution in [3.05, 3.63) is 35.9 Å². The van der Waals surface area contributed by atoms with Crippen molar-refractivity contribution in [1.29, 1.82) is 0 Å². The summed E-state index contributed by atoms with van der Waals surface area (Å²) in [5.74, 6) is -0.781. The van der Waals surface area contributed by atoms with Crippen molar-refractivity contribution >= 4 is 5.97 Å². The zero-order valence-electron chi connectivity index (χ0n) is 12.4. The van der Waals surface area contributed by atoms with Crippen LogP contribution in [0.1, 0.15) is 57.4 Å². The van der Waals surface area contributed by atoms with Crippen molar-refractivity contribution in [2.75, 3.05) is 0 Å². The number of benzene rings is 1. The maximum absolute atomic E-state index is 10.9. The molecule has 0 bridgehead atoms. The number of rotatable bonds is 11. The van der Waals surface area contributed by atoms with E-state index in [4.69, 9.17) is 9.84 Å². The van der Waals surface area contributed by atoms with E-state index >= 15 is 0 Å². The first kappa shape index (κ1) is 16.7. The van der Waals surface area contributed by atoms with Crippen LogP contribution in [0.4, 0.5) is 0 Å². The Labute approximate surface area is 122 Å². The number of unbranched alkanes of at least 4 members (excludes halogenated alkanes) is 4. The topological polar surface area (TPSA) is 46.5 Å². The lowest BCUT2D eigenvalue weighted by Gasteiger charge is -2.16. The molecule has 0 fully saturated rings. The Morgan fingerprint density at radius 1 is 1.15 bits per heavy atom. The predicted molar refractivity (Wildman–Crippen MR) is 80.6 cm³/mol. The minimum Gasteiger partial charge on any atom is -0.481 e. The molecule has 0 saturated carbocycles. The third-order valence-corrected chi connectivity index (χ3v) is 3.36. The molecule has 0 amide bonds. The molecule has 1 aromatic rings. The van der Waals surface area contributed by atoms with Gasteiger partial charge in [0.05, 0.1) is 19.1 Å². The fourth-order valence-corrected chi connectivity index (χ4v) is 2.20. The normalized spacial score (nSPS) is 12.2. The molecular weight excluding hydrogens is 252 g/mol. The fraction of sp³-hybridized carbons (Fsp3) is 0.588. The van der Waals surface area contributed by atoms with Gasteiger partial charge in [0.1, 0.15) is 0 Å². The molecule has 3 nitrogen and oxygen atoms in total. The highest BCUT2D eigenvalue weighted by atomic mass is 16.5. The molecule has 0 saturated heterocycles.